The minimum absolute atomic E-state index is 0.249. The lowest BCUT2D eigenvalue weighted by Gasteiger charge is -2.16. The molecule has 0 unspecified atom stereocenters. The standard InChI is InChI=1S/C14H15N7/c15-13-17-12(18-14(19-13)20-7-1-2-8-20)10-4-3-5-11-16-6-9-21(10)11/h3-6,9H,1-2,7-8H2,(H2,15,17,18,19). The molecule has 3 aromatic rings. The maximum atomic E-state index is 5.87. The van der Waals surface area contributed by atoms with Crippen LogP contribution in [0, 0.1) is 0 Å². The molecule has 7 nitrogen and oxygen atoms in total. The first-order valence-corrected chi connectivity index (χ1v) is 7.00. The van der Waals surface area contributed by atoms with Gasteiger partial charge in [0.2, 0.25) is 11.9 Å². The number of nitrogens with two attached hydrogens (primary N) is 1. The molecule has 0 saturated carbocycles. The van der Waals surface area contributed by atoms with E-state index < -0.39 is 0 Å². The molecule has 1 aliphatic rings. The molecular formula is C14H15N7. The third-order valence-corrected chi connectivity index (χ3v) is 3.69. The summed E-state index contributed by atoms with van der Waals surface area (Å²) in [6, 6.07) is 5.83. The van der Waals surface area contributed by atoms with Gasteiger partial charge in [0, 0.05) is 25.5 Å². The van der Waals surface area contributed by atoms with Crippen molar-refractivity contribution >= 4 is 17.5 Å². The van der Waals surface area contributed by atoms with E-state index in [4.69, 9.17) is 5.73 Å². The average Bonchev–Trinajstić information content (AvgIpc) is 3.17. The van der Waals surface area contributed by atoms with Gasteiger partial charge in [-0.3, -0.25) is 4.40 Å². The summed E-state index contributed by atoms with van der Waals surface area (Å²) in [5.74, 6) is 1.49. The fraction of sp³-hybridized carbons (Fsp3) is 0.286. The normalized spacial score (nSPS) is 15.0. The number of pyridine rings is 1. The van der Waals surface area contributed by atoms with E-state index in [-0.39, 0.29) is 5.95 Å². The number of aromatic nitrogens is 5. The smallest absolute Gasteiger partial charge is 0.230 e. The summed E-state index contributed by atoms with van der Waals surface area (Å²) in [4.78, 5) is 19.6. The van der Waals surface area contributed by atoms with E-state index in [1.807, 2.05) is 28.8 Å². The summed E-state index contributed by atoms with van der Waals surface area (Å²) < 4.78 is 1.95. The van der Waals surface area contributed by atoms with Gasteiger partial charge < -0.3 is 10.6 Å². The van der Waals surface area contributed by atoms with E-state index in [9.17, 15) is 0 Å². The van der Waals surface area contributed by atoms with Crippen molar-refractivity contribution in [3.63, 3.8) is 0 Å². The molecule has 0 radical (unpaired) electrons. The van der Waals surface area contributed by atoms with Gasteiger partial charge in [-0.05, 0) is 25.0 Å². The largest absolute Gasteiger partial charge is 0.368 e. The first-order valence-electron chi connectivity index (χ1n) is 7.00. The Morgan fingerprint density at radius 2 is 1.90 bits per heavy atom. The van der Waals surface area contributed by atoms with Crippen LogP contribution in [0.3, 0.4) is 0 Å². The van der Waals surface area contributed by atoms with Crippen LogP contribution in [0.1, 0.15) is 12.8 Å². The summed E-state index contributed by atoms with van der Waals surface area (Å²) in [6.07, 6.45) is 5.97. The Hall–Kier alpha value is -2.70. The van der Waals surface area contributed by atoms with Crippen molar-refractivity contribution in [2.75, 3.05) is 23.7 Å². The number of nitrogens with zero attached hydrogens (tertiary/aromatic N) is 6. The molecular weight excluding hydrogens is 266 g/mol. The van der Waals surface area contributed by atoms with Crippen LogP contribution in [0.15, 0.2) is 30.6 Å². The molecule has 0 atom stereocenters. The lowest BCUT2D eigenvalue weighted by atomic mass is 10.3. The lowest BCUT2D eigenvalue weighted by molar-refractivity contribution is 0.884. The molecule has 4 rings (SSSR count). The zero-order valence-electron chi connectivity index (χ0n) is 11.5. The number of rotatable bonds is 2. The SMILES string of the molecule is Nc1nc(-c2cccc3nccn23)nc(N2CCCC2)n1. The van der Waals surface area contributed by atoms with E-state index in [2.05, 4.69) is 24.8 Å². The molecule has 0 bridgehead atoms. The van der Waals surface area contributed by atoms with Crippen LogP contribution in [0.2, 0.25) is 0 Å². The van der Waals surface area contributed by atoms with Crippen LogP contribution in [0.4, 0.5) is 11.9 Å². The van der Waals surface area contributed by atoms with Crippen LogP contribution >= 0.6 is 0 Å². The zero-order chi connectivity index (χ0) is 14.2. The maximum Gasteiger partial charge on any atom is 0.230 e. The number of anilines is 2. The quantitative estimate of drug-likeness (QED) is 0.763. The Bertz CT molecular complexity index is 789. The topological polar surface area (TPSA) is 85.2 Å². The highest BCUT2D eigenvalue weighted by atomic mass is 15.3. The van der Waals surface area contributed by atoms with E-state index >= 15 is 0 Å². The lowest BCUT2D eigenvalue weighted by Crippen LogP contribution is -2.21. The monoisotopic (exact) mass is 281 g/mol. The van der Waals surface area contributed by atoms with E-state index in [0.717, 1.165) is 37.3 Å². The second-order valence-electron chi connectivity index (χ2n) is 5.08. The molecule has 7 heteroatoms. The molecule has 21 heavy (non-hydrogen) atoms. The summed E-state index contributed by atoms with van der Waals surface area (Å²) in [5, 5.41) is 0. The van der Waals surface area contributed by atoms with E-state index in [1.54, 1.807) is 6.20 Å². The van der Waals surface area contributed by atoms with Gasteiger partial charge in [-0.15, -0.1) is 0 Å². The average molecular weight is 281 g/mol. The Balaban J connectivity index is 1.86. The van der Waals surface area contributed by atoms with Crippen LogP contribution in [0.25, 0.3) is 17.2 Å². The highest BCUT2D eigenvalue weighted by Crippen LogP contribution is 2.22. The fourth-order valence-electron chi connectivity index (χ4n) is 2.68. The Morgan fingerprint density at radius 3 is 2.76 bits per heavy atom. The van der Waals surface area contributed by atoms with Crippen molar-refractivity contribution in [3.05, 3.63) is 30.6 Å². The minimum Gasteiger partial charge on any atom is -0.368 e. The van der Waals surface area contributed by atoms with Crippen molar-refractivity contribution in [2.24, 2.45) is 0 Å². The third-order valence-electron chi connectivity index (χ3n) is 3.69. The Kier molecular flexibility index (Phi) is 2.70. The van der Waals surface area contributed by atoms with Crippen molar-refractivity contribution in [1.29, 1.82) is 0 Å². The van der Waals surface area contributed by atoms with Crippen molar-refractivity contribution in [1.82, 2.24) is 24.3 Å². The number of imidazole rings is 1. The minimum atomic E-state index is 0.249. The third kappa shape index (κ3) is 2.06. The van der Waals surface area contributed by atoms with Crippen LogP contribution in [0.5, 0.6) is 0 Å². The zero-order valence-corrected chi connectivity index (χ0v) is 11.5. The molecule has 2 N–H and O–H groups in total. The molecule has 0 amide bonds. The second-order valence-corrected chi connectivity index (χ2v) is 5.08. The summed E-state index contributed by atoms with van der Waals surface area (Å²) in [5.41, 5.74) is 7.59. The summed E-state index contributed by atoms with van der Waals surface area (Å²) in [6.45, 7) is 1.94. The van der Waals surface area contributed by atoms with Crippen LogP contribution in [-0.2, 0) is 0 Å². The summed E-state index contributed by atoms with van der Waals surface area (Å²) in [7, 11) is 0. The first-order chi connectivity index (χ1) is 10.3. The van der Waals surface area contributed by atoms with Crippen molar-refractivity contribution in [2.45, 2.75) is 12.8 Å². The number of nitrogen functional groups attached to an aromatic ring is 1. The number of hydrogen-bond donors (Lipinski definition) is 1. The molecule has 1 saturated heterocycles. The van der Waals surface area contributed by atoms with Crippen molar-refractivity contribution in [3.8, 4) is 11.5 Å². The molecule has 0 aromatic carbocycles. The Labute approximate surface area is 121 Å². The molecule has 0 spiro atoms. The van der Waals surface area contributed by atoms with Gasteiger partial charge in [0.25, 0.3) is 0 Å². The van der Waals surface area contributed by atoms with Gasteiger partial charge in [-0.1, -0.05) is 6.07 Å². The van der Waals surface area contributed by atoms with Crippen LogP contribution < -0.4 is 10.6 Å². The van der Waals surface area contributed by atoms with Gasteiger partial charge in [0.05, 0.1) is 5.69 Å². The van der Waals surface area contributed by atoms with E-state index in [1.165, 1.54) is 0 Å². The molecule has 3 aromatic heterocycles. The van der Waals surface area contributed by atoms with Gasteiger partial charge in [0.1, 0.15) is 5.65 Å². The molecule has 106 valence electrons. The fourth-order valence-corrected chi connectivity index (χ4v) is 2.68. The first kappa shape index (κ1) is 12.1. The summed E-state index contributed by atoms with van der Waals surface area (Å²) >= 11 is 0. The highest BCUT2D eigenvalue weighted by Gasteiger charge is 2.18. The second kappa shape index (κ2) is 4.69. The maximum absolute atomic E-state index is 5.87. The van der Waals surface area contributed by atoms with Gasteiger partial charge >= 0.3 is 0 Å². The van der Waals surface area contributed by atoms with Gasteiger partial charge in [-0.2, -0.15) is 15.0 Å². The van der Waals surface area contributed by atoms with Crippen LogP contribution in [-0.4, -0.2) is 37.4 Å². The molecule has 1 fully saturated rings. The van der Waals surface area contributed by atoms with E-state index in [0.29, 0.717) is 11.8 Å². The Morgan fingerprint density at radius 1 is 1.05 bits per heavy atom. The van der Waals surface area contributed by atoms with Gasteiger partial charge in [0.15, 0.2) is 5.82 Å². The van der Waals surface area contributed by atoms with Gasteiger partial charge in [-0.25, -0.2) is 4.98 Å². The predicted molar refractivity (Wildman–Crippen MR) is 79.9 cm³/mol. The number of fused-ring (bicyclic) bond motifs is 1. The number of hydrogen-bond acceptors (Lipinski definition) is 6. The van der Waals surface area contributed by atoms with Crippen molar-refractivity contribution < 1.29 is 0 Å². The predicted octanol–water partition coefficient (Wildman–Crippen LogP) is 1.37. The molecule has 0 aliphatic carbocycles. The molecule has 1 aliphatic heterocycles. The highest BCUT2D eigenvalue weighted by molar-refractivity contribution is 5.59. The molecule has 4 heterocycles.